The van der Waals surface area contributed by atoms with E-state index in [0.717, 1.165) is 90.2 Å². The van der Waals surface area contributed by atoms with E-state index in [-0.39, 0.29) is 23.1 Å². The number of fused-ring (bicyclic) bond motifs is 18. The van der Waals surface area contributed by atoms with Crippen molar-refractivity contribution in [2.75, 3.05) is 4.81 Å². The van der Waals surface area contributed by atoms with Crippen LogP contribution >= 0.6 is 0 Å². The first-order chi connectivity index (χ1) is 31.8. The minimum Gasteiger partial charge on any atom is -0.456 e. The Morgan fingerprint density at radius 3 is 1.79 bits per heavy atom. The summed E-state index contributed by atoms with van der Waals surface area (Å²) in [5, 5.41) is 9.22. The first-order valence-electron chi connectivity index (χ1n) is 23.6. The highest BCUT2D eigenvalue weighted by atomic mass is 16.3. The second-order valence-corrected chi connectivity index (χ2v) is 21.9. The zero-order valence-electron chi connectivity index (χ0n) is 38.3. The highest BCUT2D eigenvalue weighted by Gasteiger charge is 2.45. The van der Waals surface area contributed by atoms with Crippen molar-refractivity contribution in [1.82, 2.24) is 4.57 Å². The van der Waals surface area contributed by atoms with E-state index in [1.807, 2.05) is 6.07 Å². The zero-order valence-corrected chi connectivity index (χ0v) is 38.3. The maximum atomic E-state index is 7.02. The van der Waals surface area contributed by atoms with Gasteiger partial charge >= 0.3 is 6.85 Å². The molecule has 318 valence electrons. The van der Waals surface area contributed by atoms with Crippen LogP contribution in [0, 0.1) is 0 Å². The third-order valence-electron chi connectivity index (χ3n) is 16.2. The van der Waals surface area contributed by atoms with Gasteiger partial charge in [0.2, 0.25) is 0 Å². The van der Waals surface area contributed by atoms with E-state index in [0.29, 0.717) is 0 Å². The normalized spacial score (nSPS) is 16.2. The Labute approximate surface area is 382 Å². The maximum absolute atomic E-state index is 7.02. The minimum absolute atomic E-state index is 0.0112. The van der Waals surface area contributed by atoms with Crippen LogP contribution in [0.5, 0.6) is 0 Å². The molecule has 66 heavy (non-hydrogen) atoms. The van der Waals surface area contributed by atoms with E-state index in [2.05, 4.69) is 185 Å². The molecule has 0 radical (unpaired) electrons. The van der Waals surface area contributed by atoms with Crippen molar-refractivity contribution in [1.29, 1.82) is 0 Å². The average molecular weight is 855 g/mol. The Hall–Kier alpha value is -7.18. The molecule has 0 atom stereocenters. The lowest BCUT2D eigenvalue weighted by atomic mass is 9.44. The van der Waals surface area contributed by atoms with E-state index in [4.69, 9.17) is 13.3 Å². The summed E-state index contributed by atoms with van der Waals surface area (Å²) in [6.45, 7) is 16.3. The van der Waals surface area contributed by atoms with Crippen LogP contribution in [0.25, 0.3) is 104 Å². The Kier molecular flexibility index (Phi) is 6.73. The van der Waals surface area contributed by atoms with Crippen LogP contribution in [-0.4, -0.2) is 11.4 Å². The molecule has 4 aromatic heterocycles. The predicted octanol–water partition coefficient (Wildman–Crippen LogP) is 15.4. The SMILES string of the molecule is CC(C)(C)c1ccc(N2B3c4cc5c(cc4-n4c6cc7c(cc6c6ccc(c3c64)-c3cc4oc6cc8c(cc6c4cc32)C(C)(C)CCC8(C)C)oc2ccccc27)oc2ccccc25)cc1. The molecule has 0 unspecified atom stereocenters. The van der Waals surface area contributed by atoms with Gasteiger partial charge in [-0.25, -0.2) is 0 Å². The van der Waals surface area contributed by atoms with Crippen LogP contribution < -0.4 is 15.7 Å². The lowest BCUT2D eigenvalue weighted by Crippen LogP contribution is -2.60. The first-order valence-corrected chi connectivity index (χ1v) is 23.6. The van der Waals surface area contributed by atoms with Crippen molar-refractivity contribution < 1.29 is 13.3 Å². The molecular formula is C60H47BN2O3. The molecule has 2 aliphatic heterocycles. The molecule has 8 aromatic carbocycles. The van der Waals surface area contributed by atoms with Gasteiger partial charge in [0.25, 0.3) is 0 Å². The van der Waals surface area contributed by atoms with Gasteiger partial charge in [-0.1, -0.05) is 115 Å². The van der Waals surface area contributed by atoms with Crippen LogP contribution in [0.1, 0.15) is 78.0 Å². The molecule has 0 N–H and O–H groups in total. The molecule has 0 saturated carbocycles. The number of hydrogen-bond acceptors (Lipinski definition) is 4. The van der Waals surface area contributed by atoms with Gasteiger partial charge in [0.1, 0.15) is 33.5 Å². The predicted molar refractivity (Wildman–Crippen MR) is 276 cm³/mol. The van der Waals surface area contributed by atoms with Crippen LogP contribution in [0.2, 0.25) is 0 Å². The van der Waals surface area contributed by atoms with Gasteiger partial charge in [-0.2, -0.15) is 0 Å². The van der Waals surface area contributed by atoms with E-state index >= 15 is 0 Å². The summed E-state index contributed by atoms with van der Waals surface area (Å²) in [6, 6.07) is 50.0. The van der Waals surface area contributed by atoms with Gasteiger partial charge in [0.05, 0.1) is 11.0 Å². The fraction of sp³-hybridized carbons (Fsp3) is 0.200. The third kappa shape index (κ3) is 4.67. The van der Waals surface area contributed by atoms with Gasteiger partial charge in [-0.05, 0) is 123 Å². The van der Waals surface area contributed by atoms with E-state index in [1.54, 1.807) is 0 Å². The molecule has 0 fully saturated rings. The lowest BCUT2D eigenvalue weighted by molar-refractivity contribution is 0.332. The Morgan fingerprint density at radius 2 is 1.08 bits per heavy atom. The third-order valence-corrected chi connectivity index (χ3v) is 16.2. The van der Waals surface area contributed by atoms with Gasteiger partial charge in [0.15, 0.2) is 0 Å². The molecule has 5 nitrogen and oxygen atoms in total. The Bertz CT molecular complexity index is 4170. The van der Waals surface area contributed by atoms with Crippen LogP contribution in [0.15, 0.2) is 147 Å². The first kappa shape index (κ1) is 37.1. The highest BCUT2D eigenvalue weighted by Crippen LogP contribution is 2.52. The minimum atomic E-state index is -0.159. The molecule has 15 rings (SSSR count). The molecule has 0 spiro atoms. The summed E-state index contributed by atoms with van der Waals surface area (Å²) in [5.41, 5.74) is 20.6. The number of rotatable bonds is 1. The largest absolute Gasteiger partial charge is 0.456 e. The van der Waals surface area contributed by atoms with Crippen molar-refractivity contribution in [2.45, 2.75) is 77.6 Å². The van der Waals surface area contributed by atoms with Gasteiger partial charge in [-0.3, -0.25) is 0 Å². The monoisotopic (exact) mass is 854 g/mol. The Morgan fingerprint density at radius 1 is 0.485 bits per heavy atom. The number of hydrogen-bond donors (Lipinski definition) is 0. The van der Waals surface area contributed by atoms with Crippen molar-refractivity contribution in [2.24, 2.45) is 0 Å². The summed E-state index contributed by atoms with van der Waals surface area (Å²) in [4.78, 5) is 2.64. The van der Waals surface area contributed by atoms with E-state index in [1.165, 1.54) is 66.1 Å². The quantitative estimate of drug-likeness (QED) is 0.154. The summed E-state index contributed by atoms with van der Waals surface area (Å²) >= 11 is 0. The molecule has 0 bridgehead atoms. The van der Waals surface area contributed by atoms with Crippen LogP contribution in [-0.2, 0) is 16.2 Å². The lowest BCUT2D eigenvalue weighted by Gasteiger charge is -2.42. The number of aromatic nitrogens is 1. The van der Waals surface area contributed by atoms with Crippen molar-refractivity contribution >= 4 is 117 Å². The second-order valence-electron chi connectivity index (χ2n) is 21.9. The smallest absolute Gasteiger partial charge is 0.333 e. The molecule has 6 heterocycles. The number of anilines is 2. The molecule has 0 saturated heterocycles. The summed E-state index contributed by atoms with van der Waals surface area (Å²) in [6.07, 6.45) is 2.32. The van der Waals surface area contributed by atoms with Crippen molar-refractivity contribution in [3.8, 4) is 16.8 Å². The topological polar surface area (TPSA) is 47.6 Å². The van der Waals surface area contributed by atoms with Gasteiger partial charge in [0, 0.05) is 71.8 Å². The molecule has 0 amide bonds. The maximum Gasteiger partial charge on any atom is 0.333 e. The molecule has 3 aliphatic rings. The fourth-order valence-corrected chi connectivity index (χ4v) is 12.6. The van der Waals surface area contributed by atoms with Crippen molar-refractivity contribution in [3.05, 3.63) is 150 Å². The summed E-state index contributed by atoms with van der Waals surface area (Å²) < 4.78 is 22.8. The summed E-state index contributed by atoms with van der Waals surface area (Å²) in [7, 11) is 0. The van der Waals surface area contributed by atoms with Gasteiger partial charge in [-0.15, -0.1) is 0 Å². The number of para-hydroxylation sites is 2. The fourth-order valence-electron chi connectivity index (χ4n) is 12.6. The average Bonchev–Trinajstić information content (AvgIpc) is 4.05. The molecular weight excluding hydrogens is 807 g/mol. The molecule has 6 heteroatoms. The number of nitrogens with zero attached hydrogens (tertiary/aromatic N) is 2. The zero-order chi connectivity index (χ0) is 44.3. The van der Waals surface area contributed by atoms with Crippen LogP contribution in [0.4, 0.5) is 11.4 Å². The summed E-state index contributed by atoms with van der Waals surface area (Å²) in [5.74, 6) is 0. The van der Waals surface area contributed by atoms with Crippen molar-refractivity contribution in [3.63, 3.8) is 0 Å². The van der Waals surface area contributed by atoms with E-state index in [9.17, 15) is 0 Å². The second kappa shape index (κ2) is 12.0. The van der Waals surface area contributed by atoms with E-state index < -0.39 is 0 Å². The highest BCUT2D eigenvalue weighted by molar-refractivity contribution is 6.94. The Balaban J connectivity index is 1.10. The number of benzene rings is 8. The number of furan rings is 3. The molecule has 1 aliphatic carbocycles. The molecule has 12 aromatic rings. The standard InChI is InChI=1S/C60H47BN2O3/c1-58(2,3)32-16-18-33(19-17-32)63-48-27-43-40-24-44-45(60(6,7)23-22-59(44,4)5)30-54(40)66-53(43)28-38(48)36-20-21-37-39-29-52-42(35-13-9-11-15-51(35)64-52)26-47(39)62-49-31-55-41(34-12-8-10-14-50(34)65-55)25-46(49)61(63)56(36)57(37)62/h8-21,24-31H,22-23H2,1-7H3. The van der Waals surface area contributed by atoms with Gasteiger partial charge < -0.3 is 22.6 Å². The van der Waals surface area contributed by atoms with Crippen LogP contribution in [0.3, 0.4) is 0 Å².